The molecular weight excluding hydrogens is 352 g/mol. The largest absolute Gasteiger partial charge is 0.481 e. The molecule has 3 N–H and O–H groups in total. The number of hydrogen-bond donors (Lipinski definition) is 3. The molecule has 0 fully saturated rings. The molecular formula is C15H16N2O5S2. The first-order valence-corrected chi connectivity index (χ1v) is 8.97. The number of anilines is 1. The van der Waals surface area contributed by atoms with Crippen LogP contribution < -0.4 is 10.6 Å². The van der Waals surface area contributed by atoms with E-state index in [1.54, 1.807) is 25.1 Å². The zero-order valence-electron chi connectivity index (χ0n) is 12.8. The summed E-state index contributed by atoms with van der Waals surface area (Å²) < 4.78 is 5.01. The van der Waals surface area contributed by atoms with E-state index in [-0.39, 0.29) is 23.3 Å². The fourth-order valence-corrected chi connectivity index (χ4v) is 3.38. The average molecular weight is 368 g/mol. The molecule has 0 aromatic carbocycles. The van der Waals surface area contributed by atoms with Crippen molar-refractivity contribution in [3.8, 4) is 0 Å². The Labute approximate surface area is 146 Å². The second-order valence-corrected chi connectivity index (χ2v) is 6.91. The Hall–Kier alpha value is -2.26. The van der Waals surface area contributed by atoms with Crippen LogP contribution in [0.3, 0.4) is 0 Å². The minimum Gasteiger partial charge on any atom is -0.481 e. The Morgan fingerprint density at radius 2 is 2.12 bits per heavy atom. The monoisotopic (exact) mass is 368 g/mol. The van der Waals surface area contributed by atoms with E-state index < -0.39 is 5.97 Å². The molecule has 2 rings (SSSR count). The number of hydrogen-bond acceptors (Lipinski definition) is 6. The molecule has 2 aromatic rings. The summed E-state index contributed by atoms with van der Waals surface area (Å²) in [5.41, 5.74) is 0.755. The van der Waals surface area contributed by atoms with Crippen LogP contribution >= 0.6 is 23.1 Å². The molecule has 0 bridgehead atoms. The van der Waals surface area contributed by atoms with E-state index in [4.69, 9.17) is 9.52 Å². The van der Waals surface area contributed by atoms with Gasteiger partial charge in [0.05, 0.1) is 21.9 Å². The van der Waals surface area contributed by atoms with E-state index in [1.807, 2.05) is 0 Å². The highest BCUT2D eigenvalue weighted by atomic mass is 32.2. The van der Waals surface area contributed by atoms with Crippen molar-refractivity contribution in [2.24, 2.45) is 0 Å². The van der Waals surface area contributed by atoms with Crippen molar-refractivity contribution < 1.29 is 23.9 Å². The lowest BCUT2D eigenvalue weighted by Gasteiger charge is -2.03. The van der Waals surface area contributed by atoms with E-state index in [9.17, 15) is 14.4 Å². The third-order valence-corrected chi connectivity index (χ3v) is 4.96. The van der Waals surface area contributed by atoms with Crippen molar-refractivity contribution >= 4 is 45.9 Å². The minimum absolute atomic E-state index is 0.0108. The van der Waals surface area contributed by atoms with Gasteiger partial charge in [-0.2, -0.15) is 0 Å². The molecule has 0 atom stereocenters. The van der Waals surface area contributed by atoms with E-state index >= 15 is 0 Å². The number of amides is 2. The molecule has 0 aliphatic carbocycles. The van der Waals surface area contributed by atoms with E-state index in [0.717, 1.165) is 5.56 Å². The predicted octanol–water partition coefficient (Wildman–Crippen LogP) is 2.45. The Bertz CT molecular complexity index is 724. The number of thiophene rings is 1. The predicted molar refractivity (Wildman–Crippen MR) is 93.0 cm³/mol. The summed E-state index contributed by atoms with van der Waals surface area (Å²) in [5, 5.41) is 14.5. The average Bonchev–Trinajstić information content (AvgIpc) is 3.16. The number of rotatable bonds is 8. The van der Waals surface area contributed by atoms with Gasteiger partial charge in [0.25, 0.3) is 11.8 Å². The Morgan fingerprint density at radius 3 is 2.79 bits per heavy atom. The normalized spacial score (nSPS) is 10.4. The molecule has 0 spiro atoms. The Kier molecular flexibility index (Phi) is 6.44. The van der Waals surface area contributed by atoms with Crippen molar-refractivity contribution in [2.75, 3.05) is 23.4 Å². The maximum atomic E-state index is 12.1. The molecule has 9 heteroatoms. The molecule has 2 aromatic heterocycles. The highest BCUT2D eigenvalue weighted by Crippen LogP contribution is 2.27. The van der Waals surface area contributed by atoms with Gasteiger partial charge in [-0.1, -0.05) is 0 Å². The Morgan fingerprint density at radius 1 is 1.33 bits per heavy atom. The molecule has 0 aliphatic heterocycles. The smallest absolute Gasteiger partial charge is 0.313 e. The zero-order valence-corrected chi connectivity index (χ0v) is 14.5. The molecule has 0 saturated carbocycles. The molecule has 2 amide bonds. The van der Waals surface area contributed by atoms with Crippen LogP contribution in [-0.4, -0.2) is 40.9 Å². The lowest BCUT2D eigenvalue weighted by Crippen LogP contribution is -2.25. The first-order valence-electron chi connectivity index (χ1n) is 7.00. The molecule has 0 radical (unpaired) electrons. The third-order valence-electron chi connectivity index (χ3n) is 2.86. The Balaban J connectivity index is 1.87. The maximum absolute atomic E-state index is 12.1. The van der Waals surface area contributed by atoms with Gasteiger partial charge < -0.3 is 20.2 Å². The highest BCUT2D eigenvalue weighted by molar-refractivity contribution is 7.99. The highest BCUT2D eigenvalue weighted by Gasteiger charge is 2.16. The molecule has 128 valence electrons. The first-order chi connectivity index (χ1) is 11.5. The number of carboxylic acid groups (broad SMARTS) is 1. The summed E-state index contributed by atoms with van der Waals surface area (Å²) in [5.74, 6) is -0.772. The first kappa shape index (κ1) is 18.1. The molecule has 2 heterocycles. The van der Waals surface area contributed by atoms with Crippen molar-refractivity contribution in [3.63, 3.8) is 0 Å². The van der Waals surface area contributed by atoms with Gasteiger partial charge in [0.1, 0.15) is 0 Å². The molecule has 7 nitrogen and oxygen atoms in total. The fraction of sp³-hybridized carbons (Fsp3) is 0.267. The second-order valence-electron chi connectivity index (χ2n) is 4.76. The van der Waals surface area contributed by atoms with Crippen molar-refractivity contribution in [1.29, 1.82) is 0 Å². The number of aryl methyl sites for hydroxylation is 1. The van der Waals surface area contributed by atoms with Crippen LogP contribution in [0.4, 0.5) is 5.00 Å². The maximum Gasteiger partial charge on any atom is 0.313 e. The number of aliphatic carboxylic acids is 1. The number of carbonyl (C=O) groups excluding carboxylic acids is 2. The quantitative estimate of drug-likeness (QED) is 0.618. The van der Waals surface area contributed by atoms with E-state index in [2.05, 4.69) is 10.6 Å². The fourth-order valence-electron chi connectivity index (χ4n) is 1.83. The van der Waals surface area contributed by atoms with Crippen molar-refractivity contribution in [3.05, 3.63) is 40.7 Å². The van der Waals surface area contributed by atoms with Crippen LogP contribution in [0.5, 0.6) is 0 Å². The van der Waals surface area contributed by atoms with E-state index in [1.165, 1.54) is 29.4 Å². The molecule has 0 saturated heterocycles. The zero-order chi connectivity index (χ0) is 17.5. The number of furan rings is 1. The number of nitrogens with one attached hydrogen (secondary N) is 2. The lowest BCUT2D eigenvalue weighted by atomic mass is 10.3. The summed E-state index contributed by atoms with van der Waals surface area (Å²) in [4.78, 5) is 34.9. The van der Waals surface area contributed by atoms with Gasteiger partial charge in [-0.3, -0.25) is 14.4 Å². The van der Waals surface area contributed by atoms with Crippen LogP contribution in [0.15, 0.2) is 28.9 Å². The molecule has 24 heavy (non-hydrogen) atoms. The molecule has 0 aliphatic rings. The summed E-state index contributed by atoms with van der Waals surface area (Å²) in [7, 11) is 0. The van der Waals surface area contributed by atoms with E-state index in [0.29, 0.717) is 22.2 Å². The van der Waals surface area contributed by atoms with Crippen LogP contribution in [0.1, 0.15) is 25.8 Å². The number of carboxylic acids is 1. The van der Waals surface area contributed by atoms with Crippen LogP contribution in [0.2, 0.25) is 0 Å². The van der Waals surface area contributed by atoms with Gasteiger partial charge in [-0.05, 0) is 30.7 Å². The van der Waals surface area contributed by atoms with Gasteiger partial charge in [-0.25, -0.2) is 0 Å². The van der Waals surface area contributed by atoms with Gasteiger partial charge in [0.2, 0.25) is 0 Å². The summed E-state index contributed by atoms with van der Waals surface area (Å²) in [6.07, 6.45) is 1.41. The summed E-state index contributed by atoms with van der Waals surface area (Å²) >= 11 is 2.41. The van der Waals surface area contributed by atoms with Crippen LogP contribution in [0.25, 0.3) is 0 Å². The standard InChI is InChI=1S/C15H16N2O5S2/c1-9-7-11(17-14(20)10-3-2-5-22-10)24-13(9)15(21)16-4-6-23-8-12(18)19/h2-3,5,7H,4,6,8H2,1H3,(H,16,21)(H,17,20)(H,18,19). The second kappa shape index (κ2) is 8.55. The van der Waals surface area contributed by atoms with Gasteiger partial charge in [0.15, 0.2) is 5.76 Å². The SMILES string of the molecule is Cc1cc(NC(=O)c2ccco2)sc1C(=O)NCCSCC(=O)O. The van der Waals surface area contributed by atoms with Gasteiger partial charge in [0, 0.05) is 12.3 Å². The van der Waals surface area contributed by atoms with Crippen molar-refractivity contribution in [1.82, 2.24) is 5.32 Å². The lowest BCUT2D eigenvalue weighted by molar-refractivity contribution is -0.133. The van der Waals surface area contributed by atoms with Crippen LogP contribution in [0, 0.1) is 6.92 Å². The van der Waals surface area contributed by atoms with Gasteiger partial charge in [-0.15, -0.1) is 23.1 Å². The minimum atomic E-state index is -0.877. The van der Waals surface area contributed by atoms with Gasteiger partial charge >= 0.3 is 5.97 Å². The topological polar surface area (TPSA) is 109 Å². The molecule has 0 unspecified atom stereocenters. The van der Waals surface area contributed by atoms with Crippen molar-refractivity contribution in [2.45, 2.75) is 6.92 Å². The number of carbonyl (C=O) groups is 3. The number of thioether (sulfide) groups is 1. The summed E-state index contributed by atoms with van der Waals surface area (Å²) in [6.45, 7) is 2.16. The van der Waals surface area contributed by atoms with Crippen LogP contribution in [-0.2, 0) is 4.79 Å². The summed E-state index contributed by atoms with van der Waals surface area (Å²) in [6, 6.07) is 4.90. The third kappa shape index (κ3) is 5.14.